The van der Waals surface area contributed by atoms with E-state index in [-0.39, 0.29) is 0 Å². The highest BCUT2D eigenvalue weighted by molar-refractivity contribution is 5.27. The van der Waals surface area contributed by atoms with E-state index in [2.05, 4.69) is 18.7 Å². The van der Waals surface area contributed by atoms with Crippen molar-refractivity contribution in [1.29, 1.82) is 0 Å². The zero-order valence-corrected chi connectivity index (χ0v) is 10.7. The van der Waals surface area contributed by atoms with Gasteiger partial charge in [0.15, 0.2) is 0 Å². The fraction of sp³-hybridized carbons (Fsp3) is 0.467. The third kappa shape index (κ3) is 5.55. The Labute approximate surface area is 104 Å². The molecule has 0 bridgehead atoms. The standard InChI is InChI=1S/C15H23NO/c1-3-4-5-6-14(16)10-7-13-8-11-15(17-2)12-9-13/h3,8-9,11-12,14H,1,4-7,10,16H2,2H3. The average Bonchev–Trinajstić information content (AvgIpc) is 2.37. The summed E-state index contributed by atoms with van der Waals surface area (Å²) < 4.78 is 5.13. The summed E-state index contributed by atoms with van der Waals surface area (Å²) in [7, 11) is 1.69. The Balaban J connectivity index is 2.26. The zero-order chi connectivity index (χ0) is 12.5. The highest BCUT2D eigenvalue weighted by atomic mass is 16.5. The number of hydrogen-bond acceptors (Lipinski definition) is 2. The van der Waals surface area contributed by atoms with Gasteiger partial charge in [-0.15, -0.1) is 6.58 Å². The summed E-state index contributed by atoms with van der Waals surface area (Å²) in [4.78, 5) is 0. The van der Waals surface area contributed by atoms with Crippen LogP contribution < -0.4 is 10.5 Å². The first-order chi connectivity index (χ1) is 8.26. The minimum atomic E-state index is 0.303. The monoisotopic (exact) mass is 233 g/mol. The predicted octanol–water partition coefficient (Wildman–Crippen LogP) is 3.31. The van der Waals surface area contributed by atoms with Crippen LogP contribution in [-0.4, -0.2) is 13.2 Å². The molecule has 0 aliphatic carbocycles. The van der Waals surface area contributed by atoms with Crippen LogP contribution in [0.2, 0.25) is 0 Å². The van der Waals surface area contributed by atoms with Crippen LogP contribution in [0.15, 0.2) is 36.9 Å². The quantitative estimate of drug-likeness (QED) is 0.552. The largest absolute Gasteiger partial charge is 0.497 e. The lowest BCUT2D eigenvalue weighted by molar-refractivity contribution is 0.414. The SMILES string of the molecule is C=CCCCC(N)CCc1ccc(OC)cc1. The van der Waals surface area contributed by atoms with Crippen molar-refractivity contribution in [1.82, 2.24) is 0 Å². The topological polar surface area (TPSA) is 35.2 Å². The maximum atomic E-state index is 6.06. The Hall–Kier alpha value is -1.28. The van der Waals surface area contributed by atoms with Crippen molar-refractivity contribution in [3.8, 4) is 5.75 Å². The number of allylic oxidation sites excluding steroid dienone is 1. The first-order valence-corrected chi connectivity index (χ1v) is 6.25. The summed E-state index contributed by atoms with van der Waals surface area (Å²) >= 11 is 0. The molecule has 1 unspecified atom stereocenters. The van der Waals surface area contributed by atoms with Crippen LogP contribution in [0.1, 0.15) is 31.2 Å². The number of methoxy groups -OCH3 is 1. The number of rotatable bonds is 8. The molecule has 0 aromatic heterocycles. The van der Waals surface area contributed by atoms with Gasteiger partial charge in [-0.25, -0.2) is 0 Å². The van der Waals surface area contributed by atoms with E-state index in [9.17, 15) is 0 Å². The van der Waals surface area contributed by atoms with E-state index < -0.39 is 0 Å². The Morgan fingerprint density at radius 2 is 2.00 bits per heavy atom. The highest BCUT2D eigenvalue weighted by Gasteiger charge is 2.02. The second-order valence-electron chi connectivity index (χ2n) is 4.37. The molecule has 0 saturated carbocycles. The van der Waals surface area contributed by atoms with Gasteiger partial charge in [0.2, 0.25) is 0 Å². The van der Waals surface area contributed by atoms with Crippen LogP contribution in [0.25, 0.3) is 0 Å². The molecule has 2 nitrogen and oxygen atoms in total. The maximum Gasteiger partial charge on any atom is 0.118 e. The van der Waals surface area contributed by atoms with Crippen LogP contribution >= 0.6 is 0 Å². The summed E-state index contributed by atoms with van der Waals surface area (Å²) in [6.45, 7) is 3.71. The second-order valence-corrected chi connectivity index (χ2v) is 4.37. The molecule has 94 valence electrons. The molecular formula is C15H23NO. The van der Waals surface area contributed by atoms with Gasteiger partial charge in [-0.1, -0.05) is 18.2 Å². The lowest BCUT2D eigenvalue weighted by Crippen LogP contribution is -2.20. The summed E-state index contributed by atoms with van der Waals surface area (Å²) in [6.07, 6.45) is 7.34. The minimum absolute atomic E-state index is 0.303. The molecule has 0 aliphatic rings. The molecule has 0 fully saturated rings. The zero-order valence-electron chi connectivity index (χ0n) is 10.7. The van der Waals surface area contributed by atoms with Gasteiger partial charge in [-0.3, -0.25) is 0 Å². The molecule has 1 atom stereocenters. The van der Waals surface area contributed by atoms with Crippen molar-refractivity contribution in [2.75, 3.05) is 7.11 Å². The average molecular weight is 233 g/mol. The number of aryl methyl sites for hydroxylation is 1. The molecular weight excluding hydrogens is 210 g/mol. The van der Waals surface area contributed by atoms with E-state index in [1.807, 2.05) is 18.2 Å². The van der Waals surface area contributed by atoms with E-state index in [4.69, 9.17) is 10.5 Å². The van der Waals surface area contributed by atoms with Gasteiger partial charge >= 0.3 is 0 Å². The molecule has 0 saturated heterocycles. The van der Waals surface area contributed by atoms with Gasteiger partial charge in [0, 0.05) is 6.04 Å². The molecule has 0 heterocycles. The normalized spacial score (nSPS) is 12.1. The van der Waals surface area contributed by atoms with E-state index in [0.29, 0.717) is 6.04 Å². The fourth-order valence-electron chi connectivity index (χ4n) is 1.81. The van der Waals surface area contributed by atoms with Crippen molar-refractivity contribution in [3.05, 3.63) is 42.5 Å². The van der Waals surface area contributed by atoms with E-state index >= 15 is 0 Å². The van der Waals surface area contributed by atoms with Crippen LogP contribution in [0.5, 0.6) is 5.75 Å². The van der Waals surface area contributed by atoms with Crippen LogP contribution in [0.4, 0.5) is 0 Å². The summed E-state index contributed by atoms with van der Waals surface area (Å²) in [5.74, 6) is 0.907. The number of hydrogen-bond donors (Lipinski definition) is 1. The third-order valence-corrected chi connectivity index (χ3v) is 2.95. The van der Waals surface area contributed by atoms with Crippen molar-refractivity contribution in [2.45, 2.75) is 38.1 Å². The molecule has 1 rings (SSSR count). The fourth-order valence-corrected chi connectivity index (χ4v) is 1.81. The van der Waals surface area contributed by atoms with Crippen molar-refractivity contribution in [3.63, 3.8) is 0 Å². The smallest absolute Gasteiger partial charge is 0.118 e. The maximum absolute atomic E-state index is 6.06. The third-order valence-electron chi connectivity index (χ3n) is 2.95. The number of benzene rings is 1. The predicted molar refractivity (Wildman–Crippen MR) is 73.3 cm³/mol. The molecule has 0 aliphatic heterocycles. The van der Waals surface area contributed by atoms with Gasteiger partial charge < -0.3 is 10.5 Å². The summed E-state index contributed by atoms with van der Waals surface area (Å²) in [5.41, 5.74) is 7.38. The summed E-state index contributed by atoms with van der Waals surface area (Å²) in [5, 5.41) is 0. The number of ether oxygens (including phenoxy) is 1. The molecule has 0 spiro atoms. The highest BCUT2D eigenvalue weighted by Crippen LogP contribution is 2.14. The van der Waals surface area contributed by atoms with E-state index in [1.165, 1.54) is 5.56 Å². The molecule has 0 radical (unpaired) electrons. The molecule has 17 heavy (non-hydrogen) atoms. The molecule has 1 aromatic rings. The van der Waals surface area contributed by atoms with Crippen LogP contribution in [0.3, 0.4) is 0 Å². The lowest BCUT2D eigenvalue weighted by Gasteiger charge is -2.10. The van der Waals surface area contributed by atoms with Crippen molar-refractivity contribution < 1.29 is 4.74 Å². The van der Waals surface area contributed by atoms with Gasteiger partial charge in [0.1, 0.15) is 5.75 Å². The Morgan fingerprint density at radius 3 is 2.59 bits per heavy atom. The number of unbranched alkanes of at least 4 members (excludes halogenated alkanes) is 1. The Kier molecular flexibility index (Phi) is 6.41. The first kappa shape index (κ1) is 13.8. The Bertz CT molecular complexity index is 318. The van der Waals surface area contributed by atoms with Crippen LogP contribution in [0, 0.1) is 0 Å². The van der Waals surface area contributed by atoms with Gasteiger partial charge in [-0.2, -0.15) is 0 Å². The van der Waals surface area contributed by atoms with Gasteiger partial charge in [0.25, 0.3) is 0 Å². The van der Waals surface area contributed by atoms with Gasteiger partial charge in [-0.05, 0) is 49.8 Å². The Morgan fingerprint density at radius 1 is 1.29 bits per heavy atom. The molecule has 2 N–H and O–H groups in total. The summed E-state index contributed by atoms with van der Waals surface area (Å²) in [6, 6.07) is 8.51. The molecule has 0 amide bonds. The van der Waals surface area contributed by atoms with Crippen molar-refractivity contribution in [2.24, 2.45) is 5.73 Å². The van der Waals surface area contributed by atoms with E-state index in [0.717, 1.165) is 37.9 Å². The van der Waals surface area contributed by atoms with E-state index in [1.54, 1.807) is 7.11 Å². The lowest BCUT2D eigenvalue weighted by atomic mass is 10.0. The van der Waals surface area contributed by atoms with Crippen LogP contribution in [-0.2, 0) is 6.42 Å². The van der Waals surface area contributed by atoms with Crippen molar-refractivity contribution >= 4 is 0 Å². The molecule has 1 aromatic carbocycles. The second kappa shape index (κ2) is 7.91. The van der Waals surface area contributed by atoms with Gasteiger partial charge in [0.05, 0.1) is 7.11 Å². The minimum Gasteiger partial charge on any atom is -0.497 e. The molecule has 2 heteroatoms. The first-order valence-electron chi connectivity index (χ1n) is 6.25. The number of nitrogens with two attached hydrogens (primary N) is 1.